The van der Waals surface area contributed by atoms with Crippen LogP contribution in [0.3, 0.4) is 0 Å². The fourth-order valence-corrected chi connectivity index (χ4v) is 2.09. The second-order valence-corrected chi connectivity index (χ2v) is 5.13. The number of hydrogen-bond donors (Lipinski definition) is 0. The SMILES string of the molecule is CC1CCCC1C(=O)C(C)(C)C. The van der Waals surface area contributed by atoms with Gasteiger partial charge in [-0.05, 0) is 18.8 Å². The molecule has 2 atom stereocenters. The number of carbonyl (C=O) groups excluding carboxylic acids is 1. The molecule has 0 aromatic carbocycles. The van der Waals surface area contributed by atoms with Gasteiger partial charge in [0.15, 0.2) is 0 Å². The van der Waals surface area contributed by atoms with Gasteiger partial charge >= 0.3 is 0 Å². The Hall–Kier alpha value is -0.330. The summed E-state index contributed by atoms with van der Waals surface area (Å²) in [6.45, 7) is 8.29. The average Bonchev–Trinajstić information content (AvgIpc) is 2.31. The minimum Gasteiger partial charge on any atom is -0.299 e. The second-order valence-electron chi connectivity index (χ2n) is 5.13. The van der Waals surface area contributed by atoms with E-state index in [1.807, 2.05) is 20.8 Å². The maximum absolute atomic E-state index is 11.9. The molecule has 0 amide bonds. The highest BCUT2D eigenvalue weighted by atomic mass is 16.1. The van der Waals surface area contributed by atoms with Crippen LogP contribution in [0.15, 0.2) is 0 Å². The maximum Gasteiger partial charge on any atom is 0.141 e. The molecular formula is C11H20O. The lowest BCUT2D eigenvalue weighted by Gasteiger charge is -2.23. The van der Waals surface area contributed by atoms with E-state index in [1.54, 1.807) is 0 Å². The van der Waals surface area contributed by atoms with Crippen LogP contribution in [-0.2, 0) is 4.79 Å². The van der Waals surface area contributed by atoms with Gasteiger partial charge in [0.25, 0.3) is 0 Å². The molecule has 0 saturated heterocycles. The molecule has 0 aliphatic heterocycles. The largest absolute Gasteiger partial charge is 0.299 e. The molecule has 0 aromatic heterocycles. The lowest BCUT2D eigenvalue weighted by molar-refractivity contribution is -0.131. The van der Waals surface area contributed by atoms with Crippen molar-refractivity contribution in [3.8, 4) is 0 Å². The van der Waals surface area contributed by atoms with Crippen molar-refractivity contribution < 1.29 is 4.79 Å². The van der Waals surface area contributed by atoms with Gasteiger partial charge in [-0.2, -0.15) is 0 Å². The summed E-state index contributed by atoms with van der Waals surface area (Å²) in [5, 5.41) is 0. The molecular weight excluding hydrogens is 148 g/mol. The average molecular weight is 168 g/mol. The highest BCUT2D eigenvalue weighted by molar-refractivity contribution is 5.86. The standard InChI is InChI=1S/C11H20O/c1-8-6-5-7-9(8)10(12)11(2,3)4/h8-9H,5-7H2,1-4H3. The zero-order valence-electron chi connectivity index (χ0n) is 8.68. The summed E-state index contributed by atoms with van der Waals surface area (Å²) in [5.74, 6) is 1.44. The first-order valence-corrected chi connectivity index (χ1v) is 4.97. The molecule has 2 unspecified atom stereocenters. The van der Waals surface area contributed by atoms with Crippen LogP contribution in [0.4, 0.5) is 0 Å². The van der Waals surface area contributed by atoms with Crippen molar-refractivity contribution in [2.45, 2.75) is 47.0 Å². The van der Waals surface area contributed by atoms with Crippen molar-refractivity contribution in [2.24, 2.45) is 17.3 Å². The highest BCUT2D eigenvalue weighted by Gasteiger charge is 2.35. The molecule has 0 radical (unpaired) electrons. The third-order valence-electron chi connectivity index (χ3n) is 2.94. The number of Topliss-reactive ketones (excluding diaryl/α,β-unsaturated/α-hetero) is 1. The predicted octanol–water partition coefficient (Wildman–Crippen LogP) is 3.04. The van der Waals surface area contributed by atoms with E-state index in [4.69, 9.17) is 0 Å². The Bertz CT molecular complexity index is 176. The van der Waals surface area contributed by atoms with E-state index in [2.05, 4.69) is 6.92 Å². The van der Waals surface area contributed by atoms with Crippen molar-refractivity contribution in [1.82, 2.24) is 0 Å². The Morgan fingerprint density at radius 1 is 1.25 bits per heavy atom. The quantitative estimate of drug-likeness (QED) is 0.588. The van der Waals surface area contributed by atoms with Crippen LogP contribution in [0.25, 0.3) is 0 Å². The Morgan fingerprint density at radius 3 is 2.17 bits per heavy atom. The number of hydrogen-bond acceptors (Lipinski definition) is 1. The van der Waals surface area contributed by atoms with Gasteiger partial charge in [-0.3, -0.25) is 4.79 Å². The fraction of sp³-hybridized carbons (Fsp3) is 0.909. The van der Waals surface area contributed by atoms with Gasteiger partial charge in [0.05, 0.1) is 0 Å². The summed E-state index contributed by atoms with van der Waals surface area (Å²) in [5.41, 5.74) is -0.136. The van der Waals surface area contributed by atoms with E-state index in [0.717, 1.165) is 6.42 Å². The van der Waals surface area contributed by atoms with Gasteiger partial charge < -0.3 is 0 Å². The lowest BCUT2D eigenvalue weighted by Crippen LogP contribution is -2.29. The van der Waals surface area contributed by atoms with Crippen LogP contribution < -0.4 is 0 Å². The van der Waals surface area contributed by atoms with Gasteiger partial charge in [-0.25, -0.2) is 0 Å². The Labute approximate surface area is 75.5 Å². The van der Waals surface area contributed by atoms with E-state index in [9.17, 15) is 4.79 Å². The van der Waals surface area contributed by atoms with E-state index in [0.29, 0.717) is 17.6 Å². The van der Waals surface area contributed by atoms with Crippen molar-refractivity contribution in [3.63, 3.8) is 0 Å². The number of rotatable bonds is 1. The van der Waals surface area contributed by atoms with Gasteiger partial charge in [0, 0.05) is 11.3 Å². The van der Waals surface area contributed by atoms with Crippen LogP contribution >= 0.6 is 0 Å². The topological polar surface area (TPSA) is 17.1 Å². The van der Waals surface area contributed by atoms with Crippen molar-refractivity contribution in [3.05, 3.63) is 0 Å². The smallest absolute Gasteiger partial charge is 0.141 e. The van der Waals surface area contributed by atoms with Gasteiger partial charge in [-0.1, -0.05) is 34.1 Å². The molecule has 1 saturated carbocycles. The van der Waals surface area contributed by atoms with Crippen LogP contribution in [0.1, 0.15) is 47.0 Å². The molecule has 0 aromatic rings. The number of carbonyl (C=O) groups is 1. The summed E-state index contributed by atoms with van der Waals surface area (Å²) in [4.78, 5) is 11.9. The Kier molecular flexibility index (Phi) is 2.60. The van der Waals surface area contributed by atoms with E-state index in [1.165, 1.54) is 12.8 Å². The molecule has 12 heavy (non-hydrogen) atoms. The molecule has 0 bridgehead atoms. The van der Waals surface area contributed by atoms with Crippen LogP contribution in [0.5, 0.6) is 0 Å². The van der Waals surface area contributed by atoms with Crippen LogP contribution in [0.2, 0.25) is 0 Å². The zero-order valence-corrected chi connectivity index (χ0v) is 8.68. The molecule has 1 aliphatic rings. The third kappa shape index (κ3) is 1.88. The molecule has 70 valence electrons. The van der Waals surface area contributed by atoms with Gasteiger partial charge in [-0.15, -0.1) is 0 Å². The van der Waals surface area contributed by atoms with E-state index >= 15 is 0 Å². The summed E-state index contributed by atoms with van der Waals surface area (Å²) in [6, 6.07) is 0. The third-order valence-corrected chi connectivity index (χ3v) is 2.94. The first-order chi connectivity index (χ1) is 5.43. The molecule has 1 fully saturated rings. The molecule has 1 nitrogen and oxygen atoms in total. The molecule has 0 heterocycles. The van der Waals surface area contributed by atoms with Crippen LogP contribution in [-0.4, -0.2) is 5.78 Å². The summed E-state index contributed by atoms with van der Waals surface area (Å²) >= 11 is 0. The zero-order chi connectivity index (χ0) is 9.35. The Morgan fingerprint density at radius 2 is 1.83 bits per heavy atom. The molecule has 1 heteroatoms. The first-order valence-electron chi connectivity index (χ1n) is 4.97. The summed E-state index contributed by atoms with van der Waals surface area (Å²) < 4.78 is 0. The normalized spacial score (nSPS) is 30.7. The van der Waals surface area contributed by atoms with E-state index < -0.39 is 0 Å². The lowest BCUT2D eigenvalue weighted by atomic mass is 9.79. The van der Waals surface area contributed by atoms with Crippen molar-refractivity contribution in [2.75, 3.05) is 0 Å². The van der Waals surface area contributed by atoms with Gasteiger partial charge in [0.1, 0.15) is 5.78 Å². The Balaban J connectivity index is 2.64. The maximum atomic E-state index is 11.9. The van der Waals surface area contributed by atoms with Crippen molar-refractivity contribution >= 4 is 5.78 Å². The summed E-state index contributed by atoms with van der Waals surface area (Å²) in [6.07, 6.45) is 3.61. The second kappa shape index (κ2) is 3.20. The van der Waals surface area contributed by atoms with Gasteiger partial charge in [0.2, 0.25) is 0 Å². The number of ketones is 1. The van der Waals surface area contributed by atoms with E-state index in [-0.39, 0.29) is 5.41 Å². The molecule has 0 N–H and O–H groups in total. The first kappa shape index (κ1) is 9.76. The highest BCUT2D eigenvalue weighted by Crippen LogP contribution is 2.36. The van der Waals surface area contributed by atoms with Crippen LogP contribution in [0, 0.1) is 17.3 Å². The predicted molar refractivity (Wildman–Crippen MR) is 51.0 cm³/mol. The minimum absolute atomic E-state index is 0.136. The molecule has 1 aliphatic carbocycles. The summed E-state index contributed by atoms with van der Waals surface area (Å²) in [7, 11) is 0. The van der Waals surface area contributed by atoms with Crippen molar-refractivity contribution in [1.29, 1.82) is 0 Å². The fourth-order valence-electron chi connectivity index (χ4n) is 2.09. The minimum atomic E-state index is -0.136. The molecule has 1 rings (SSSR count). The molecule has 0 spiro atoms. The monoisotopic (exact) mass is 168 g/mol.